The molecule has 1 saturated carbocycles. The van der Waals surface area contributed by atoms with Crippen molar-refractivity contribution < 1.29 is 9.84 Å². The average molecular weight is 422 g/mol. The molecule has 5 heteroatoms. The van der Waals surface area contributed by atoms with Gasteiger partial charge in [0.05, 0.1) is 18.3 Å². The van der Waals surface area contributed by atoms with Gasteiger partial charge in [-0.1, -0.05) is 48.5 Å². The molecule has 3 nitrogen and oxygen atoms in total. The lowest BCUT2D eigenvalue weighted by molar-refractivity contribution is -0.112. The summed E-state index contributed by atoms with van der Waals surface area (Å²) in [5.41, 5.74) is 2.40. The van der Waals surface area contributed by atoms with Crippen molar-refractivity contribution in [3.63, 3.8) is 0 Å². The molecule has 0 heterocycles. The van der Waals surface area contributed by atoms with Crippen molar-refractivity contribution in [1.82, 2.24) is 4.90 Å². The lowest BCUT2D eigenvalue weighted by Gasteiger charge is -2.45. The summed E-state index contributed by atoms with van der Waals surface area (Å²) in [4.78, 5) is 3.07. The van der Waals surface area contributed by atoms with E-state index in [9.17, 15) is 5.11 Å². The Bertz CT molecular complexity index is 756. The number of halogens is 1. The molecule has 1 aliphatic rings. The van der Waals surface area contributed by atoms with Gasteiger partial charge in [0.15, 0.2) is 0 Å². The summed E-state index contributed by atoms with van der Waals surface area (Å²) in [5.74, 6) is 0.106. The van der Waals surface area contributed by atoms with Gasteiger partial charge in [-0.3, -0.25) is 0 Å². The molecule has 0 bridgehead atoms. The van der Waals surface area contributed by atoms with Crippen LogP contribution in [-0.2, 0) is 16.9 Å². The highest BCUT2D eigenvalue weighted by atomic mass is 35.5. The Kier molecular flexibility index (Phi) is 8.41. The van der Waals surface area contributed by atoms with Crippen molar-refractivity contribution in [2.75, 3.05) is 20.6 Å². The minimum Gasteiger partial charge on any atom is -0.385 e. The van der Waals surface area contributed by atoms with Crippen LogP contribution in [0.1, 0.15) is 36.0 Å². The van der Waals surface area contributed by atoms with Crippen LogP contribution in [0.2, 0.25) is 0 Å². The third-order valence-corrected chi connectivity index (χ3v) is 6.28. The van der Waals surface area contributed by atoms with E-state index in [1.165, 1.54) is 5.56 Å². The van der Waals surface area contributed by atoms with Crippen molar-refractivity contribution in [3.8, 4) is 0 Å². The highest BCUT2D eigenvalue weighted by molar-refractivity contribution is 7.80. The summed E-state index contributed by atoms with van der Waals surface area (Å²) in [7, 11) is 4.12. The summed E-state index contributed by atoms with van der Waals surface area (Å²) in [6, 6.07) is 16.4. The van der Waals surface area contributed by atoms with E-state index in [4.69, 9.17) is 17.4 Å². The maximum Gasteiger partial charge on any atom is 0.0949 e. The fraction of sp³-hybridized carbons (Fsp3) is 0.478. The molecule has 3 rings (SSSR count). The number of rotatable bonds is 6. The van der Waals surface area contributed by atoms with Crippen molar-refractivity contribution in [2.24, 2.45) is 5.92 Å². The first-order valence-corrected chi connectivity index (χ1v) is 10.2. The lowest BCUT2D eigenvalue weighted by atomic mass is 9.70. The minimum absolute atomic E-state index is 0. The van der Waals surface area contributed by atoms with Crippen LogP contribution in [0.3, 0.4) is 0 Å². The molecular weight excluding hydrogens is 390 g/mol. The van der Waals surface area contributed by atoms with E-state index in [1.807, 2.05) is 43.3 Å². The highest BCUT2D eigenvalue weighted by Crippen LogP contribution is 2.45. The SMILES string of the molecule is Cc1cccc([C@@]2(O)CC[C@H](OCc3ccccc3)C[C@@H]2CN(C)C)c1S.Cl. The second kappa shape index (κ2) is 10.1. The molecule has 2 aromatic carbocycles. The third-order valence-electron chi connectivity index (χ3n) is 5.69. The molecule has 0 aromatic heterocycles. The Hall–Kier alpha value is -1.04. The van der Waals surface area contributed by atoms with Crippen LogP contribution < -0.4 is 0 Å². The Morgan fingerprint density at radius 1 is 1.14 bits per heavy atom. The van der Waals surface area contributed by atoms with Gasteiger partial charge in [-0.05, 0) is 57.0 Å². The van der Waals surface area contributed by atoms with Gasteiger partial charge in [-0.25, -0.2) is 0 Å². The van der Waals surface area contributed by atoms with Gasteiger partial charge in [0, 0.05) is 17.4 Å². The second-order valence-electron chi connectivity index (χ2n) is 8.05. The third kappa shape index (κ3) is 5.31. The Morgan fingerprint density at radius 2 is 1.86 bits per heavy atom. The number of thiol groups is 1. The van der Waals surface area contributed by atoms with E-state index in [0.717, 1.165) is 35.4 Å². The summed E-state index contributed by atoms with van der Waals surface area (Å²) >= 11 is 4.71. The first-order valence-electron chi connectivity index (χ1n) is 9.72. The number of nitrogens with zero attached hydrogens (tertiary/aromatic N) is 1. The second-order valence-corrected chi connectivity index (χ2v) is 8.49. The van der Waals surface area contributed by atoms with E-state index in [2.05, 4.69) is 31.1 Å². The predicted molar refractivity (Wildman–Crippen MR) is 120 cm³/mol. The maximum absolute atomic E-state index is 11.7. The Labute approximate surface area is 180 Å². The smallest absolute Gasteiger partial charge is 0.0949 e. The fourth-order valence-corrected chi connectivity index (χ4v) is 4.53. The highest BCUT2D eigenvalue weighted by Gasteiger charge is 2.44. The van der Waals surface area contributed by atoms with E-state index in [-0.39, 0.29) is 24.4 Å². The normalized spacial score (nSPS) is 24.8. The molecule has 0 radical (unpaired) electrons. The van der Waals surface area contributed by atoms with E-state index in [1.54, 1.807) is 0 Å². The molecule has 2 aromatic rings. The van der Waals surface area contributed by atoms with E-state index < -0.39 is 5.60 Å². The summed E-state index contributed by atoms with van der Waals surface area (Å²) in [5, 5.41) is 11.7. The number of aliphatic hydroxyl groups is 1. The van der Waals surface area contributed by atoms with Gasteiger partial charge in [0.2, 0.25) is 0 Å². The minimum atomic E-state index is -0.861. The molecule has 1 aliphatic carbocycles. The number of hydrogen-bond acceptors (Lipinski definition) is 4. The van der Waals surface area contributed by atoms with Crippen LogP contribution in [0, 0.1) is 12.8 Å². The molecule has 0 unspecified atom stereocenters. The quantitative estimate of drug-likeness (QED) is 0.654. The van der Waals surface area contributed by atoms with Crippen molar-refractivity contribution in [1.29, 1.82) is 0 Å². The van der Waals surface area contributed by atoms with E-state index >= 15 is 0 Å². The Balaban J connectivity index is 0.00000280. The molecular formula is C23H32ClNO2S. The zero-order valence-electron chi connectivity index (χ0n) is 17.0. The van der Waals surface area contributed by atoms with Gasteiger partial charge in [-0.15, -0.1) is 25.0 Å². The molecule has 0 saturated heterocycles. The lowest BCUT2D eigenvalue weighted by Crippen LogP contribution is -2.47. The maximum atomic E-state index is 11.7. The van der Waals surface area contributed by atoms with Gasteiger partial charge in [0.1, 0.15) is 0 Å². The molecule has 3 atom stereocenters. The molecule has 1 fully saturated rings. The van der Waals surface area contributed by atoms with Crippen LogP contribution in [0.5, 0.6) is 0 Å². The molecule has 1 N–H and O–H groups in total. The zero-order valence-corrected chi connectivity index (χ0v) is 18.7. The van der Waals surface area contributed by atoms with Crippen molar-refractivity contribution >= 4 is 25.0 Å². The summed E-state index contributed by atoms with van der Waals surface area (Å²) in [6.45, 7) is 3.49. The van der Waals surface area contributed by atoms with Gasteiger partial charge in [-0.2, -0.15) is 0 Å². The monoisotopic (exact) mass is 421 g/mol. The van der Waals surface area contributed by atoms with Gasteiger partial charge < -0.3 is 14.7 Å². The van der Waals surface area contributed by atoms with Crippen LogP contribution in [-0.4, -0.2) is 36.8 Å². The van der Waals surface area contributed by atoms with E-state index in [0.29, 0.717) is 13.0 Å². The number of hydrogen-bond donors (Lipinski definition) is 2. The van der Waals surface area contributed by atoms with Crippen LogP contribution in [0.15, 0.2) is 53.4 Å². The number of ether oxygens (including phenoxy) is 1. The first kappa shape index (κ1) is 23.2. The largest absolute Gasteiger partial charge is 0.385 e. The van der Waals surface area contributed by atoms with Crippen LogP contribution in [0.25, 0.3) is 0 Å². The van der Waals surface area contributed by atoms with Crippen molar-refractivity contribution in [3.05, 3.63) is 65.2 Å². The molecule has 154 valence electrons. The molecule has 28 heavy (non-hydrogen) atoms. The topological polar surface area (TPSA) is 32.7 Å². The molecule has 0 spiro atoms. The molecule has 0 amide bonds. The first-order chi connectivity index (χ1) is 12.9. The Morgan fingerprint density at radius 3 is 2.54 bits per heavy atom. The van der Waals surface area contributed by atoms with Crippen LogP contribution >= 0.6 is 25.0 Å². The predicted octanol–water partition coefficient (Wildman–Crippen LogP) is 4.84. The summed E-state index contributed by atoms with van der Waals surface area (Å²) in [6.07, 6.45) is 2.57. The van der Waals surface area contributed by atoms with Gasteiger partial charge in [0.25, 0.3) is 0 Å². The van der Waals surface area contributed by atoms with Gasteiger partial charge >= 0.3 is 0 Å². The van der Waals surface area contributed by atoms with Crippen molar-refractivity contribution in [2.45, 2.75) is 49.4 Å². The number of benzene rings is 2. The molecule has 0 aliphatic heterocycles. The van der Waals surface area contributed by atoms with Crippen LogP contribution in [0.4, 0.5) is 0 Å². The standard InChI is InChI=1S/C23H31NO2S.ClH/c1-17-8-7-11-21(22(17)27)23(25)13-12-20(14-19(23)15-24(2)3)26-16-18-9-5-4-6-10-18;/h4-11,19-20,25,27H,12-16H2,1-3H3;1H/t19-,20+,23-;/m1./s1. The number of aryl methyl sites for hydroxylation is 1. The summed E-state index contributed by atoms with van der Waals surface area (Å²) < 4.78 is 6.22. The fourth-order valence-electron chi connectivity index (χ4n) is 4.18. The average Bonchev–Trinajstić information content (AvgIpc) is 2.65. The zero-order chi connectivity index (χ0) is 19.4.